The van der Waals surface area contributed by atoms with Crippen LogP contribution in [0.5, 0.6) is 0 Å². The molecule has 0 saturated carbocycles. The lowest BCUT2D eigenvalue weighted by Gasteiger charge is -2.36. The summed E-state index contributed by atoms with van der Waals surface area (Å²) in [7, 11) is 0. The third kappa shape index (κ3) is 3.70. The summed E-state index contributed by atoms with van der Waals surface area (Å²) in [6.45, 7) is 5.79. The summed E-state index contributed by atoms with van der Waals surface area (Å²) in [5.41, 5.74) is 7.85. The number of benzene rings is 1. The average Bonchev–Trinajstić information content (AvgIpc) is 2.97. The molecule has 0 bridgehead atoms. The Morgan fingerprint density at radius 1 is 1.25 bits per heavy atom. The van der Waals surface area contributed by atoms with Crippen LogP contribution in [0.1, 0.15) is 25.3 Å². The Bertz CT molecular complexity index is 611. The summed E-state index contributed by atoms with van der Waals surface area (Å²) in [5.74, 6) is 0.341. The molecule has 6 nitrogen and oxygen atoms in total. The number of nitrogens with zero attached hydrogens (tertiary/aromatic N) is 2. The van der Waals surface area contributed by atoms with Crippen molar-refractivity contribution in [2.45, 2.75) is 32.2 Å². The van der Waals surface area contributed by atoms with E-state index >= 15 is 0 Å². The summed E-state index contributed by atoms with van der Waals surface area (Å²) in [5, 5.41) is 2.17. The van der Waals surface area contributed by atoms with Crippen LogP contribution in [0.25, 0.3) is 0 Å². The Morgan fingerprint density at radius 3 is 2.67 bits per heavy atom. The first-order valence-corrected chi connectivity index (χ1v) is 8.72. The van der Waals surface area contributed by atoms with Gasteiger partial charge in [-0.2, -0.15) is 0 Å². The number of imide groups is 1. The van der Waals surface area contributed by atoms with Gasteiger partial charge in [-0.1, -0.05) is 18.2 Å². The number of carbonyl (C=O) groups is 2. The largest absolute Gasteiger partial charge is 0.371 e. The monoisotopic (exact) mass is 330 g/mol. The van der Waals surface area contributed by atoms with Gasteiger partial charge in [0.1, 0.15) is 0 Å². The van der Waals surface area contributed by atoms with E-state index in [-0.39, 0.29) is 11.9 Å². The number of hydrogen-bond donors (Lipinski definition) is 2. The predicted molar refractivity (Wildman–Crippen MR) is 93.8 cm³/mol. The van der Waals surface area contributed by atoms with E-state index in [0.717, 1.165) is 45.4 Å². The van der Waals surface area contributed by atoms with Crippen LogP contribution in [0.3, 0.4) is 0 Å². The molecule has 2 aliphatic heterocycles. The standard InChI is InChI=1S/C18H26N4O2/c1-13(17(23)20-18(19)24)21-9-6-14(7-10-21)12-22-11-8-15-4-2-3-5-16(15)22/h2-5,13-14H,6-12H2,1H3,(H3,19,20,23,24)/t13-/m1/s1. The van der Waals surface area contributed by atoms with Crippen LogP contribution in [-0.4, -0.2) is 49.1 Å². The molecule has 0 unspecified atom stereocenters. The smallest absolute Gasteiger partial charge is 0.318 e. The van der Waals surface area contributed by atoms with Crippen molar-refractivity contribution < 1.29 is 9.59 Å². The molecule has 3 amide bonds. The highest BCUT2D eigenvalue weighted by Crippen LogP contribution is 2.30. The minimum atomic E-state index is -0.783. The number of nitrogens with two attached hydrogens (primary N) is 1. The minimum Gasteiger partial charge on any atom is -0.371 e. The number of hydrogen-bond acceptors (Lipinski definition) is 4. The van der Waals surface area contributed by atoms with Gasteiger partial charge in [0.15, 0.2) is 0 Å². The van der Waals surface area contributed by atoms with Crippen molar-refractivity contribution in [3.8, 4) is 0 Å². The van der Waals surface area contributed by atoms with Gasteiger partial charge in [-0.3, -0.25) is 15.0 Å². The fraction of sp³-hybridized carbons (Fsp3) is 0.556. The second-order valence-electron chi connectivity index (χ2n) is 6.83. The molecule has 130 valence electrons. The van der Waals surface area contributed by atoms with Crippen LogP contribution >= 0.6 is 0 Å². The molecule has 3 N–H and O–H groups in total. The molecular formula is C18H26N4O2. The molecule has 0 aliphatic carbocycles. The number of carbonyl (C=O) groups excluding carboxylic acids is 2. The van der Waals surface area contributed by atoms with E-state index in [1.165, 1.54) is 11.3 Å². The fourth-order valence-corrected chi connectivity index (χ4v) is 3.82. The number of urea groups is 1. The molecule has 1 aromatic rings. The Kier molecular flexibility index (Phi) is 5.04. The zero-order valence-electron chi connectivity index (χ0n) is 14.2. The zero-order valence-corrected chi connectivity index (χ0v) is 14.2. The second-order valence-corrected chi connectivity index (χ2v) is 6.83. The van der Waals surface area contributed by atoms with Crippen molar-refractivity contribution in [3.05, 3.63) is 29.8 Å². The predicted octanol–water partition coefficient (Wildman–Crippen LogP) is 1.34. The third-order valence-electron chi connectivity index (χ3n) is 5.28. The number of amides is 3. The molecule has 1 atom stereocenters. The lowest BCUT2D eigenvalue weighted by atomic mass is 9.95. The van der Waals surface area contributed by atoms with Crippen molar-refractivity contribution in [1.29, 1.82) is 0 Å². The maximum absolute atomic E-state index is 11.9. The normalized spacial score (nSPS) is 19.8. The topological polar surface area (TPSA) is 78.7 Å². The highest BCUT2D eigenvalue weighted by Gasteiger charge is 2.29. The van der Waals surface area contributed by atoms with Gasteiger partial charge >= 0.3 is 6.03 Å². The van der Waals surface area contributed by atoms with Crippen LogP contribution in [0, 0.1) is 5.92 Å². The SMILES string of the molecule is C[C@H](C(=O)NC(N)=O)N1CCC(CN2CCc3ccccc32)CC1. The summed E-state index contributed by atoms with van der Waals surface area (Å²) >= 11 is 0. The zero-order chi connectivity index (χ0) is 17.1. The molecule has 0 radical (unpaired) electrons. The quantitative estimate of drug-likeness (QED) is 0.873. The van der Waals surface area contributed by atoms with Crippen molar-refractivity contribution in [2.24, 2.45) is 11.7 Å². The van der Waals surface area contributed by atoms with Gasteiger partial charge in [0, 0.05) is 18.8 Å². The van der Waals surface area contributed by atoms with Crippen molar-refractivity contribution in [2.75, 3.05) is 31.1 Å². The molecule has 2 heterocycles. The van der Waals surface area contributed by atoms with Crippen molar-refractivity contribution in [1.82, 2.24) is 10.2 Å². The van der Waals surface area contributed by atoms with Gasteiger partial charge in [0.25, 0.3) is 0 Å². The maximum atomic E-state index is 11.9. The van der Waals surface area contributed by atoms with Crippen LogP contribution in [0.2, 0.25) is 0 Å². The Morgan fingerprint density at radius 2 is 1.96 bits per heavy atom. The highest BCUT2D eigenvalue weighted by molar-refractivity contribution is 5.96. The fourth-order valence-electron chi connectivity index (χ4n) is 3.82. The Labute approximate surface area is 143 Å². The van der Waals surface area contributed by atoms with Crippen molar-refractivity contribution in [3.63, 3.8) is 0 Å². The number of para-hydroxylation sites is 1. The number of piperidine rings is 1. The first-order chi connectivity index (χ1) is 11.5. The van der Waals surface area contributed by atoms with E-state index < -0.39 is 6.03 Å². The molecule has 0 spiro atoms. The molecule has 6 heteroatoms. The van der Waals surface area contributed by atoms with Gasteiger partial charge in [0.05, 0.1) is 6.04 Å². The summed E-state index contributed by atoms with van der Waals surface area (Å²) in [6.07, 6.45) is 3.29. The number of anilines is 1. The number of likely N-dealkylation sites (tertiary alicyclic amines) is 1. The molecule has 0 aromatic heterocycles. The van der Waals surface area contributed by atoms with Crippen LogP contribution in [-0.2, 0) is 11.2 Å². The molecule has 3 rings (SSSR count). The molecule has 2 aliphatic rings. The van der Waals surface area contributed by atoms with E-state index in [2.05, 4.69) is 39.4 Å². The number of nitrogens with one attached hydrogen (secondary N) is 1. The van der Waals surface area contributed by atoms with Crippen LogP contribution in [0.15, 0.2) is 24.3 Å². The van der Waals surface area contributed by atoms with E-state index in [4.69, 9.17) is 5.73 Å². The lowest BCUT2D eigenvalue weighted by Crippen LogP contribution is -2.51. The van der Waals surface area contributed by atoms with E-state index in [1.54, 1.807) is 0 Å². The van der Waals surface area contributed by atoms with Crippen LogP contribution in [0.4, 0.5) is 10.5 Å². The van der Waals surface area contributed by atoms with Crippen LogP contribution < -0.4 is 16.0 Å². The molecule has 1 fully saturated rings. The van der Waals surface area contributed by atoms with E-state index in [1.807, 2.05) is 6.92 Å². The maximum Gasteiger partial charge on any atom is 0.318 e. The van der Waals surface area contributed by atoms with Crippen molar-refractivity contribution >= 4 is 17.6 Å². The molecule has 1 aromatic carbocycles. The number of fused-ring (bicyclic) bond motifs is 1. The van der Waals surface area contributed by atoms with Gasteiger partial charge in [-0.15, -0.1) is 0 Å². The molecule has 24 heavy (non-hydrogen) atoms. The van der Waals surface area contributed by atoms with Gasteiger partial charge in [-0.05, 0) is 56.8 Å². The first kappa shape index (κ1) is 16.8. The molecular weight excluding hydrogens is 304 g/mol. The second kappa shape index (κ2) is 7.21. The third-order valence-corrected chi connectivity index (χ3v) is 5.28. The van der Waals surface area contributed by atoms with Gasteiger partial charge in [-0.25, -0.2) is 4.79 Å². The van der Waals surface area contributed by atoms with E-state index in [0.29, 0.717) is 5.92 Å². The lowest BCUT2D eigenvalue weighted by molar-refractivity contribution is -0.125. The number of rotatable bonds is 4. The molecule has 1 saturated heterocycles. The summed E-state index contributed by atoms with van der Waals surface area (Å²) in [6, 6.07) is 7.56. The Balaban J connectivity index is 1.49. The average molecular weight is 330 g/mol. The number of primary amides is 1. The van der Waals surface area contributed by atoms with Gasteiger partial charge in [0.2, 0.25) is 5.91 Å². The highest BCUT2D eigenvalue weighted by atomic mass is 16.2. The summed E-state index contributed by atoms with van der Waals surface area (Å²) in [4.78, 5) is 27.3. The summed E-state index contributed by atoms with van der Waals surface area (Å²) < 4.78 is 0. The minimum absolute atomic E-state index is 0.311. The first-order valence-electron chi connectivity index (χ1n) is 8.72. The van der Waals surface area contributed by atoms with E-state index in [9.17, 15) is 9.59 Å². The van der Waals surface area contributed by atoms with Gasteiger partial charge < -0.3 is 10.6 Å². The Hall–Kier alpha value is -2.08.